The molecule has 8 nitrogen and oxygen atoms in total. The lowest BCUT2D eigenvalue weighted by atomic mass is 10.0. The molecule has 0 radical (unpaired) electrons. The van der Waals surface area contributed by atoms with Crippen LogP contribution >= 0.6 is 0 Å². The van der Waals surface area contributed by atoms with E-state index in [9.17, 15) is 13.6 Å². The van der Waals surface area contributed by atoms with Gasteiger partial charge >= 0.3 is 6.61 Å². The van der Waals surface area contributed by atoms with Gasteiger partial charge in [0.1, 0.15) is 6.73 Å². The molecule has 4 rings (SSSR count). The molecule has 1 fully saturated rings. The maximum absolute atomic E-state index is 13.4. The molecule has 1 N–H and O–H groups in total. The smallest absolute Gasteiger partial charge is 0.387 e. The minimum atomic E-state index is -2.96. The Morgan fingerprint density at radius 1 is 1.19 bits per heavy atom. The van der Waals surface area contributed by atoms with Crippen LogP contribution in [0.2, 0.25) is 25.7 Å². The van der Waals surface area contributed by atoms with Crippen molar-refractivity contribution in [1.82, 2.24) is 14.8 Å². The molecular formula is C25H33F2N3O5Si. The monoisotopic (exact) mass is 521 g/mol. The molecule has 1 aliphatic rings. The van der Waals surface area contributed by atoms with Gasteiger partial charge in [0.25, 0.3) is 5.56 Å². The molecular weight excluding hydrogens is 488 g/mol. The Bertz CT molecular complexity index is 1250. The van der Waals surface area contributed by atoms with Crippen LogP contribution in [0.15, 0.2) is 29.2 Å². The third kappa shape index (κ3) is 6.51. The van der Waals surface area contributed by atoms with Crippen molar-refractivity contribution in [3.05, 3.63) is 40.3 Å². The highest BCUT2D eigenvalue weighted by atomic mass is 28.3. The van der Waals surface area contributed by atoms with E-state index in [-0.39, 0.29) is 29.9 Å². The minimum Gasteiger partial charge on any atom is -0.487 e. The van der Waals surface area contributed by atoms with Crippen LogP contribution in [-0.2, 0) is 22.6 Å². The quantitative estimate of drug-likeness (QED) is 0.251. The summed E-state index contributed by atoms with van der Waals surface area (Å²) in [7, 11) is 0.348. The molecule has 0 atom stereocenters. The van der Waals surface area contributed by atoms with Crippen molar-refractivity contribution in [2.45, 2.75) is 64.4 Å². The molecule has 11 heteroatoms. The van der Waals surface area contributed by atoms with Crippen molar-refractivity contribution in [1.29, 1.82) is 0 Å². The summed E-state index contributed by atoms with van der Waals surface area (Å²) in [6, 6.07) is 5.80. The molecule has 36 heavy (non-hydrogen) atoms. The summed E-state index contributed by atoms with van der Waals surface area (Å²) in [5, 5.41) is 4.78. The van der Waals surface area contributed by atoms with E-state index < -0.39 is 14.7 Å². The Morgan fingerprint density at radius 3 is 2.64 bits per heavy atom. The Morgan fingerprint density at radius 2 is 1.97 bits per heavy atom. The van der Waals surface area contributed by atoms with E-state index in [1.807, 2.05) is 0 Å². The third-order valence-corrected chi connectivity index (χ3v) is 7.64. The Labute approximate surface area is 209 Å². The largest absolute Gasteiger partial charge is 0.487 e. The molecule has 0 aliphatic heterocycles. The van der Waals surface area contributed by atoms with Crippen LogP contribution in [0.1, 0.15) is 18.4 Å². The maximum atomic E-state index is 13.4. The Kier molecular flexibility index (Phi) is 8.11. The highest BCUT2D eigenvalue weighted by molar-refractivity contribution is 6.76. The lowest BCUT2D eigenvalue weighted by molar-refractivity contribution is -0.0516. The molecule has 0 spiro atoms. The van der Waals surface area contributed by atoms with Gasteiger partial charge in [-0.25, -0.2) is 4.68 Å². The summed E-state index contributed by atoms with van der Waals surface area (Å²) in [4.78, 5) is 16.7. The zero-order valence-corrected chi connectivity index (χ0v) is 22.1. The van der Waals surface area contributed by atoms with Crippen molar-refractivity contribution < 1.29 is 27.7 Å². The molecule has 0 saturated heterocycles. The molecule has 0 unspecified atom stereocenters. The summed E-state index contributed by atoms with van der Waals surface area (Å²) in [5.41, 5.74) is 2.45. The van der Waals surface area contributed by atoms with Crippen LogP contribution in [0.5, 0.6) is 11.5 Å². The number of nitrogens with one attached hydrogen (secondary N) is 1. The highest BCUT2D eigenvalue weighted by Gasteiger charge is 2.26. The van der Waals surface area contributed by atoms with E-state index in [0.29, 0.717) is 41.8 Å². The molecule has 2 aromatic heterocycles. The number of aromatic nitrogens is 3. The van der Waals surface area contributed by atoms with Gasteiger partial charge in [-0.2, -0.15) is 13.9 Å². The number of hydrogen-bond donors (Lipinski definition) is 1. The van der Waals surface area contributed by atoms with E-state index in [1.165, 1.54) is 10.7 Å². The van der Waals surface area contributed by atoms with Crippen LogP contribution in [0.3, 0.4) is 0 Å². The topological polar surface area (TPSA) is 87.6 Å². The van der Waals surface area contributed by atoms with Gasteiger partial charge in [-0.05, 0) is 49.1 Å². The molecule has 1 aliphatic carbocycles. The van der Waals surface area contributed by atoms with Gasteiger partial charge in [0.2, 0.25) is 0 Å². The highest BCUT2D eigenvalue weighted by Crippen LogP contribution is 2.39. The normalized spacial score (nSPS) is 14.1. The summed E-state index contributed by atoms with van der Waals surface area (Å²) in [6.07, 6.45) is 3.81. The predicted octanol–water partition coefficient (Wildman–Crippen LogP) is 5.04. The minimum absolute atomic E-state index is 0.00620. The van der Waals surface area contributed by atoms with Crippen LogP contribution in [-0.4, -0.2) is 55.9 Å². The number of fused-ring (bicyclic) bond motifs is 1. The SMILES string of the molecule is COCCc1c(-c2ccc(OC(F)F)c(OC3CC3)c2)[nH]c2cnn(COCC[Si](C)(C)C)c(=O)c12. The number of H-pyrrole nitrogens is 1. The zero-order valence-electron chi connectivity index (χ0n) is 21.1. The number of hydrogen-bond acceptors (Lipinski definition) is 6. The average molecular weight is 522 g/mol. The number of halogens is 2. The number of ether oxygens (including phenoxy) is 4. The summed E-state index contributed by atoms with van der Waals surface area (Å²) in [6.45, 7) is 4.89. The van der Waals surface area contributed by atoms with Gasteiger partial charge in [0.15, 0.2) is 11.5 Å². The van der Waals surface area contributed by atoms with Crippen molar-refractivity contribution >= 4 is 19.0 Å². The summed E-state index contributed by atoms with van der Waals surface area (Å²) in [5.74, 6) is 0.229. The second-order valence-corrected chi connectivity index (χ2v) is 15.8. The van der Waals surface area contributed by atoms with Crippen molar-refractivity contribution in [3.63, 3.8) is 0 Å². The lowest BCUT2D eigenvalue weighted by Gasteiger charge is -2.15. The van der Waals surface area contributed by atoms with Gasteiger partial charge in [-0.1, -0.05) is 19.6 Å². The number of nitrogens with zero attached hydrogens (tertiary/aromatic N) is 2. The molecule has 3 aromatic rings. The van der Waals surface area contributed by atoms with Crippen LogP contribution in [0.25, 0.3) is 22.2 Å². The van der Waals surface area contributed by atoms with Crippen molar-refractivity contribution in [3.8, 4) is 22.8 Å². The van der Waals surface area contributed by atoms with E-state index >= 15 is 0 Å². The molecule has 2 heterocycles. The van der Waals surface area contributed by atoms with Crippen molar-refractivity contribution in [2.24, 2.45) is 0 Å². The fourth-order valence-corrected chi connectivity index (χ4v) is 4.60. The van der Waals surface area contributed by atoms with E-state index in [2.05, 4.69) is 34.5 Å². The first-order valence-electron chi connectivity index (χ1n) is 12.1. The molecule has 1 saturated carbocycles. The summed E-state index contributed by atoms with van der Waals surface area (Å²) >= 11 is 0. The predicted molar refractivity (Wildman–Crippen MR) is 136 cm³/mol. The van der Waals surface area contributed by atoms with Gasteiger partial charge in [-0.15, -0.1) is 0 Å². The van der Waals surface area contributed by atoms with Gasteiger partial charge in [0, 0.05) is 27.4 Å². The average Bonchev–Trinajstić information content (AvgIpc) is 3.54. The van der Waals surface area contributed by atoms with Gasteiger partial charge < -0.3 is 23.9 Å². The third-order valence-electron chi connectivity index (χ3n) is 5.94. The second-order valence-electron chi connectivity index (χ2n) is 10.2. The fraction of sp³-hybridized carbons (Fsp3) is 0.520. The van der Waals surface area contributed by atoms with Gasteiger partial charge in [-0.3, -0.25) is 4.79 Å². The van der Waals surface area contributed by atoms with Crippen molar-refractivity contribution in [2.75, 3.05) is 20.3 Å². The number of aromatic amines is 1. The van der Waals surface area contributed by atoms with Crippen LogP contribution in [0, 0.1) is 0 Å². The first-order valence-corrected chi connectivity index (χ1v) is 15.8. The summed E-state index contributed by atoms with van der Waals surface area (Å²) < 4.78 is 48.7. The van der Waals surface area contributed by atoms with E-state index in [1.54, 1.807) is 25.4 Å². The van der Waals surface area contributed by atoms with E-state index in [4.69, 9.17) is 14.2 Å². The second kappa shape index (κ2) is 11.1. The number of methoxy groups -OCH3 is 1. The first-order chi connectivity index (χ1) is 17.2. The molecule has 0 bridgehead atoms. The van der Waals surface area contributed by atoms with Gasteiger partial charge in [0.05, 0.1) is 35.5 Å². The maximum Gasteiger partial charge on any atom is 0.387 e. The Hall–Kier alpha value is -2.76. The van der Waals surface area contributed by atoms with Crippen LogP contribution < -0.4 is 15.0 Å². The van der Waals surface area contributed by atoms with E-state index in [0.717, 1.165) is 24.4 Å². The fourth-order valence-electron chi connectivity index (χ4n) is 3.85. The molecule has 0 amide bonds. The number of alkyl halides is 2. The number of rotatable bonds is 13. The first kappa shape index (κ1) is 26.3. The lowest BCUT2D eigenvalue weighted by Crippen LogP contribution is -2.26. The Balaban J connectivity index is 1.70. The van der Waals surface area contributed by atoms with Crippen LogP contribution in [0.4, 0.5) is 8.78 Å². The zero-order chi connectivity index (χ0) is 25.9. The standard InChI is InChI=1S/C25H33F2N3O5Si/c1-32-10-9-18-22-19(14-28-30(24(22)31)15-33-11-12-36(2,3)4)29-23(18)16-5-8-20(35-25(26)27)21(13-16)34-17-6-7-17/h5,8,13-14,17,25,29H,6-7,9-12,15H2,1-4H3. The molecule has 1 aromatic carbocycles. The molecule has 196 valence electrons. The number of benzene rings is 1.